The van der Waals surface area contributed by atoms with Crippen molar-refractivity contribution in [2.24, 2.45) is 0 Å². The van der Waals surface area contributed by atoms with Crippen molar-refractivity contribution in [3.05, 3.63) is 68.8 Å². The molecule has 0 amide bonds. The lowest BCUT2D eigenvalue weighted by Gasteiger charge is -2.08. The van der Waals surface area contributed by atoms with E-state index in [1.54, 1.807) is 11.3 Å². The van der Waals surface area contributed by atoms with Crippen LogP contribution in [0.1, 0.15) is 16.0 Å². The van der Waals surface area contributed by atoms with E-state index in [2.05, 4.69) is 4.98 Å². The normalized spacial score (nSPS) is 10.4. The van der Waals surface area contributed by atoms with Gasteiger partial charge in [-0.3, -0.25) is 4.79 Å². The zero-order valence-corrected chi connectivity index (χ0v) is 13.1. The van der Waals surface area contributed by atoms with Gasteiger partial charge >= 0.3 is 0 Å². The summed E-state index contributed by atoms with van der Waals surface area (Å²) in [7, 11) is 0. The fourth-order valence-electron chi connectivity index (χ4n) is 2.46. The topological polar surface area (TPSA) is 56.6 Å². The van der Waals surface area contributed by atoms with Crippen LogP contribution in [0.5, 0.6) is 0 Å². The smallest absolute Gasteiger partial charge is 0.267 e. The van der Waals surface area contributed by atoms with Crippen LogP contribution in [-0.4, -0.2) is 4.98 Å². The number of nitrogens with one attached hydrogen (secondary N) is 1. The van der Waals surface area contributed by atoms with Gasteiger partial charge in [0.15, 0.2) is 0 Å². The Morgan fingerprint density at radius 3 is 2.50 bits per heavy atom. The van der Waals surface area contributed by atoms with Crippen LogP contribution in [-0.2, 0) is 0 Å². The van der Waals surface area contributed by atoms with E-state index in [4.69, 9.17) is 0 Å². The number of hydrogen-bond acceptors (Lipinski definition) is 3. The van der Waals surface area contributed by atoms with Crippen molar-refractivity contribution in [1.82, 2.24) is 4.98 Å². The van der Waals surface area contributed by atoms with Crippen molar-refractivity contribution in [2.45, 2.75) is 13.8 Å². The van der Waals surface area contributed by atoms with Crippen LogP contribution in [0.2, 0.25) is 0 Å². The molecule has 3 aromatic rings. The molecular formula is C18H14N2OS. The molecule has 0 aliphatic rings. The molecule has 3 nitrogen and oxygen atoms in total. The number of hydrogen-bond donors (Lipinski definition) is 1. The molecule has 4 heteroatoms. The van der Waals surface area contributed by atoms with E-state index in [9.17, 15) is 10.1 Å². The van der Waals surface area contributed by atoms with Crippen molar-refractivity contribution in [2.75, 3.05) is 0 Å². The quantitative estimate of drug-likeness (QED) is 0.769. The SMILES string of the molecule is Cc1ccc(-c2cc(-c3ccccc3C)[nH]c(=O)c2C#N)s1. The predicted molar refractivity (Wildman–Crippen MR) is 90.0 cm³/mol. The van der Waals surface area contributed by atoms with Crippen LogP contribution in [0.4, 0.5) is 0 Å². The third-order valence-electron chi connectivity index (χ3n) is 3.59. The first kappa shape index (κ1) is 14.3. The van der Waals surface area contributed by atoms with E-state index >= 15 is 0 Å². The fraction of sp³-hybridized carbons (Fsp3) is 0.111. The van der Waals surface area contributed by atoms with Crippen molar-refractivity contribution in [1.29, 1.82) is 5.26 Å². The van der Waals surface area contributed by atoms with Gasteiger partial charge in [-0.05, 0) is 37.6 Å². The van der Waals surface area contributed by atoms with Gasteiger partial charge in [0, 0.05) is 26.6 Å². The molecule has 0 saturated carbocycles. The third-order valence-corrected chi connectivity index (χ3v) is 4.62. The number of rotatable bonds is 2. The van der Waals surface area contributed by atoms with E-state index in [0.29, 0.717) is 5.56 Å². The van der Waals surface area contributed by atoms with Gasteiger partial charge in [-0.25, -0.2) is 0 Å². The first-order valence-electron chi connectivity index (χ1n) is 6.90. The van der Waals surface area contributed by atoms with Gasteiger partial charge < -0.3 is 4.98 Å². The monoisotopic (exact) mass is 306 g/mol. The van der Waals surface area contributed by atoms with Crippen molar-refractivity contribution < 1.29 is 0 Å². The van der Waals surface area contributed by atoms with Gasteiger partial charge in [0.2, 0.25) is 0 Å². The highest BCUT2D eigenvalue weighted by atomic mass is 32.1. The lowest BCUT2D eigenvalue weighted by atomic mass is 10.0. The molecular weight excluding hydrogens is 292 g/mol. The number of benzene rings is 1. The molecule has 2 heterocycles. The average Bonchev–Trinajstić information content (AvgIpc) is 2.93. The molecule has 3 rings (SSSR count). The molecule has 0 fully saturated rings. The van der Waals surface area contributed by atoms with E-state index in [1.165, 1.54) is 0 Å². The zero-order valence-electron chi connectivity index (χ0n) is 12.3. The van der Waals surface area contributed by atoms with Crippen LogP contribution in [0, 0.1) is 25.2 Å². The molecule has 0 radical (unpaired) electrons. The molecule has 1 N–H and O–H groups in total. The molecule has 0 spiro atoms. The summed E-state index contributed by atoms with van der Waals surface area (Å²) in [5.41, 5.74) is 3.31. The Morgan fingerprint density at radius 2 is 1.86 bits per heavy atom. The second-order valence-corrected chi connectivity index (χ2v) is 6.43. The van der Waals surface area contributed by atoms with Crippen LogP contribution >= 0.6 is 11.3 Å². The van der Waals surface area contributed by atoms with Crippen molar-refractivity contribution in [3.8, 4) is 27.8 Å². The Balaban J connectivity index is 2.28. The molecule has 1 aromatic carbocycles. The van der Waals surface area contributed by atoms with Gasteiger partial charge in [0.1, 0.15) is 11.6 Å². The number of pyridine rings is 1. The number of aromatic amines is 1. The summed E-state index contributed by atoms with van der Waals surface area (Å²) in [5, 5.41) is 9.32. The maximum Gasteiger partial charge on any atom is 0.267 e. The number of aromatic nitrogens is 1. The van der Waals surface area contributed by atoms with Gasteiger partial charge in [-0.2, -0.15) is 5.26 Å². The zero-order chi connectivity index (χ0) is 15.7. The van der Waals surface area contributed by atoms with Crippen LogP contribution in [0.25, 0.3) is 21.7 Å². The maximum absolute atomic E-state index is 12.3. The molecule has 0 unspecified atom stereocenters. The van der Waals surface area contributed by atoms with Crippen molar-refractivity contribution >= 4 is 11.3 Å². The second kappa shape index (κ2) is 5.63. The predicted octanol–water partition coefficient (Wildman–Crippen LogP) is 4.26. The molecule has 22 heavy (non-hydrogen) atoms. The molecule has 2 aromatic heterocycles. The summed E-state index contributed by atoms with van der Waals surface area (Å²) in [6, 6.07) is 15.7. The summed E-state index contributed by atoms with van der Waals surface area (Å²) in [6.07, 6.45) is 0. The minimum atomic E-state index is -0.343. The van der Waals surface area contributed by atoms with E-state index in [1.807, 2.05) is 62.4 Å². The molecule has 0 saturated heterocycles. The first-order valence-corrected chi connectivity index (χ1v) is 7.72. The van der Waals surface area contributed by atoms with Crippen molar-refractivity contribution in [3.63, 3.8) is 0 Å². The lowest BCUT2D eigenvalue weighted by molar-refractivity contribution is 1.21. The summed E-state index contributed by atoms with van der Waals surface area (Å²) in [4.78, 5) is 17.2. The summed E-state index contributed by atoms with van der Waals surface area (Å²) >= 11 is 1.58. The number of thiophene rings is 1. The first-order chi connectivity index (χ1) is 10.6. The van der Waals surface area contributed by atoms with Crippen LogP contribution in [0.3, 0.4) is 0 Å². The highest BCUT2D eigenvalue weighted by Gasteiger charge is 2.14. The standard InChI is InChI=1S/C18H14N2OS/c1-11-5-3-4-6-13(11)16-9-14(15(10-19)18(21)20-16)17-8-7-12(2)22-17/h3-9H,1-2H3,(H,20,21). The summed E-state index contributed by atoms with van der Waals surface area (Å²) in [5.74, 6) is 0. The van der Waals surface area contributed by atoms with Gasteiger partial charge in [0.25, 0.3) is 5.56 Å². The van der Waals surface area contributed by atoms with E-state index in [-0.39, 0.29) is 11.1 Å². The Kier molecular flexibility index (Phi) is 3.66. The van der Waals surface area contributed by atoms with Crippen LogP contribution < -0.4 is 5.56 Å². The molecule has 0 aliphatic carbocycles. The highest BCUT2D eigenvalue weighted by Crippen LogP contribution is 2.32. The van der Waals surface area contributed by atoms with Gasteiger partial charge in [-0.1, -0.05) is 24.3 Å². The fourth-order valence-corrected chi connectivity index (χ4v) is 3.35. The average molecular weight is 306 g/mol. The third kappa shape index (κ3) is 2.47. The number of H-pyrrole nitrogens is 1. The number of nitrogens with zero attached hydrogens (tertiary/aromatic N) is 1. The summed E-state index contributed by atoms with van der Waals surface area (Å²) < 4.78 is 0. The number of nitriles is 1. The lowest BCUT2D eigenvalue weighted by Crippen LogP contribution is -2.12. The Labute approximate surface area is 132 Å². The van der Waals surface area contributed by atoms with Gasteiger partial charge in [0.05, 0.1) is 0 Å². The Bertz CT molecular complexity index is 944. The largest absolute Gasteiger partial charge is 0.321 e. The number of aryl methyl sites for hydroxylation is 2. The van der Waals surface area contributed by atoms with Crippen LogP contribution in [0.15, 0.2) is 47.3 Å². The van der Waals surface area contributed by atoms with Gasteiger partial charge in [-0.15, -0.1) is 11.3 Å². The molecule has 0 bridgehead atoms. The second-order valence-electron chi connectivity index (χ2n) is 5.14. The Hall–Kier alpha value is -2.64. The van der Waals surface area contributed by atoms with E-state index in [0.717, 1.165) is 26.6 Å². The minimum Gasteiger partial charge on any atom is -0.321 e. The molecule has 0 atom stereocenters. The maximum atomic E-state index is 12.3. The highest BCUT2D eigenvalue weighted by molar-refractivity contribution is 7.15. The molecule has 108 valence electrons. The molecule has 0 aliphatic heterocycles. The van der Waals surface area contributed by atoms with E-state index < -0.39 is 0 Å². The Morgan fingerprint density at radius 1 is 1.09 bits per heavy atom. The minimum absolute atomic E-state index is 0.166. The summed E-state index contributed by atoms with van der Waals surface area (Å²) in [6.45, 7) is 4.01.